The van der Waals surface area contributed by atoms with Crippen molar-refractivity contribution in [2.45, 2.75) is 46.5 Å². The quantitative estimate of drug-likeness (QED) is 0.208. The van der Waals surface area contributed by atoms with Gasteiger partial charge in [0.05, 0.1) is 18.8 Å². The summed E-state index contributed by atoms with van der Waals surface area (Å²) >= 11 is 0. The molecule has 0 fully saturated rings. The summed E-state index contributed by atoms with van der Waals surface area (Å²) in [6, 6.07) is 10.8. The number of ether oxygens (including phenoxy) is 5. The molecule has 0 aliphatic carbocycles. The molecular formula is C25H34O6. The van der Waals surface area contributed by atoms with E-state index in [1.165, 1.54) is 0 Å². The van der Waals surface area contributed by atoms with Crippen LogP contribution >= 0.6 is 0 Å². The Balaban J connectivity index is 2.08. The number of rotatable bonds is 15. The zero-order valence-electron chi connectivity index (χ0n) is 19.1. The molecule has 0 heterocycles. The van der Waals surface area contributed by atoms with Crippen LogP contribution in [-0.2, 0) is 4.74 Å². The minimum atomic E-state index is -0.165. The molecule has 0 aliphatic rings. The number of ketones is 1. The fourth-order valence-corrected chi connectivity index (χ4v) is 2.78. The maximum atomic E-state index is 12.9. The van der Waals surface area contributed by atoms with Gasteiger partial charge >= 0.3 is 0 Å². The Bertz CT molecular complexity index is 818. The van der Waals surface area contributed by atoms with Gasteiger partial charge in [-0.1, -0.05) is 32.8 Å². The predicted molar refractivity (Wildman–Crippen MR) is 121 cm³/mol. The number of methoxy groups -OCH3 is 1. The number of hydrogen-bond acceptors (Lipinski definition) is 6. The first-order chi connectivity index (χ1) is 15.1. The van der Waals surface area contributed by atoms with Crippen LogP contribution in [0.25, 0.3) is 0 Å². The van der Waals surface area contributed by atoms with Crippen molar-refractivity contribution in [3.8, 4) is 23.0 Å². The number of Topliss-reactive ketones (excluding diaryl/α,β-unsaturated/α-hetero) is 1. The Labute approximate surface area is 185 Å². The van der Waals surface area contributed by atoms with Gasteiger partial charge in [-0.15, -0.1) is 0 Å². The highest BCUT2D eigenvalue weighted by Crippen LogP contribution is 2.28. The second-order valence-corrected chi connectivity index (χ2v) is 7.25. The van der Waals surface area contributed by atoms with Crippen molar-refractivity contribution in [1.82, 2.24) is 0 Å². The van der Waals surface area contributed by atoms with Crippen LogP contribution in [0.15, 0.2) is 36.4 Å². The number of carbonyl (C=O) groups excluding carboxylic acids is 1. The Morgan fingerprint density at radius 2 is 1.45 bits per heavy atom. The number of carbonyl (C=O) groups is 1. The molecule has 0 aromatic heterocycles. The van der Waals surface area contributed by atoms with E-state index >= 15 is 0 Å². The van der Waals surface area contributed by atoms with E-state index in [1.807, 2.05) is 25.1 Å². The topological polar surface area (TPSA) is 63.2 Å². The third-order valence-electron chi connectivity index (χ3n) is 4.64. The monoisotopic (exact) mass is 430 g/mol. The lowest BCUT2D eigenvalue weighted by Crippen LogP contribution is -2.14. The number of benzene rings is 2. The van der Waals surface area contributed by atoms with E-state index in [4.69, 9.17) is 23.7 Å². The third kappa shape index (κ3) is 8.13. The summed E-state index contributed by atoms with van der Waals surface area (Å²) in [4.78, 5) is 12.9. The molecule has 31 heavy (non-hydrogen) atoms. The summed E-state index contributed by atoms with van der Waals surface area (Å²) in [5, 5.41) is 0. The maximum Gasteiger partial charge on any atom is 0.203 e. The molecule has 0 spiro atoms. The minimum Gasteiger partial charge on any atom is -0.493 e. The molecule has 0 amide bonds. The molecule has 0 saturated heterocycles. The number of hydrogen-bond donors (Lipinski definition) is 0. The van der Waals surface area contributed by atoms with Gasteiger partial charge in [-0.2, -0.15) is 0 Å². The van der Waals surface area contributed by atoms with Crippen molar-refractivity contribution < 1.29 is 28.5 Å². The summed E-state index contributed by atoms with van der Waals surface area (Å²) in [6.07, 6.45) is 3.97. The lowest BCUT2D eigenvalue weighted by molar-refractivity contribution is 0.0509. The maximum absolute atomic E-state index is 12.9. The van der Waals surface area contributed by atoms with Crippen molar-refractivity contribution in [3.63, 3.8) is 0 Å². The highest BCUT2D eigenvalue weighted by molar-refractivity contribution is 6.00. The average molecular weight is 431 g/mol. The summed E-state index contributed by atoms with van der Waals surface area (Å²) in [7, 11) is 1.56. The van der Waals surface area contributed by atoms with Crippen LogP contribution in [-0.4, -0.2) is 39.5 Å². The molecule has 6 heteroatoms. The van der Waals surface area contributed by atoms with Crippen LogP contribution in [0, 0.1) is 6.92 Å². The van der Waals surface area contributed by atoms with E-state index < -0.39 is 0 Å². The van der Waals surface area contributed by atoms with Crippen LogP contribution in [0.5, 0.6) is 23.0 Å². The van der Waals surface area contributed by atoms with Crippen molar-refractivity contribution in [3.05, 3.63) is 47.5 Å². The average Bonchev–Trinajstić information content (AvgIpc) is 2.78. The van der Waals surface area contributed by atoms with Gasteiger partial charge in [-0.25, -0.2) is 0 Å². The second kappa shape index (κ2) is 13.5. The van der Waals surface area contributed by atoms with Crippen LogP contribution in [0.4, 0.5) is 0 Å². The van der Waals surface area contributed by atoms with E-state index in [9.17, 15) is 4.79 Å². The van der Waals surface area contributed by atoms with Gasteiger partial charge in [0.25, 0.3) is 0 Å². The molecule has 0 N–H and O–H groups in total. The van der Waals surface area contributed by atoms with E-state index in [1.54, 1.807) is 25.3 Å². The van der Waals surface area contributed by atoms with Gasteiger partial charge in [-0.05, 0) is 43.5 Å². The molecule has 0 aliphatic heterocycles. The van der Waals surface area contributed by atoms with E-state index in [2.05, 4.69) is 13.8 Å². The molecule has 0 radical (unpaired) electrons. The van der Waals surface area contributed by atoms with Gasteiger partial charge in [0.15, 0.2) is 13.4 Å². The standard InChI is InChI=1S/C25H34O6/c1-5-7-13-28-20-10-9-19(3)24(15-20)30-17-23(26)22-12-11-21(31-18-27-4)16-25(22)29-14-8-6-2/h9-12,15-16H,5-8,13-14,17-18H2,1-4H3. The summed E-state index contributed by atoms with van der Waals surface area (Å²) in [5.74, 6) is 2.28. The van der Waals surface area contributed by atoms with Gasteiger partial charge < -0.3 is 23.7 Å². The van der Waals surface area contributed by atoms with Crippen molar-refractivity contribution in [2.75, 3.05) is 33.7 Å². The van der Waals surface area contributed by atoms with E-state index in [0.29, 0.717) is 36.0 Å². The van der Waals surface area contributed by atoms with Crippen LogP contribution in [0.2, 0.25) is 0 Å². The Morgan fingerprint density at radius 1 is 0.806 bits per heavy atom. The molecular weight excluding hydrogens is 396 g/mol. The largest absolute Gasteiger partial charge is 0.493 e. The predicted octanol–water partition coefficient (Wildman–Crippen LogP) is 5.60. The van der Waals surface area contributed by atoms with Crippen molar-refractivity contribution in [1.29, 1.82) is 0 Å². The molecule has 6 nitrogen and oxygen atoms in total. The fraction of sp³-hybridized carbons (Fsp3) is 0.480. The molecule has 170 valence electrons. The lowest BCUT2D eigenvalue weighted by Gasteiger charge is -2.14. The third-order valence-corrected chi connectivity index (χ3v) is 4.64. The first kappa shape index (κ1) is 24.5. The fourth-order valence-electron chi connectivity index (χ4n) is 2.78. The second-order valence-electron chi connectivity index (χ2n) is 7.25. The molecule has 2 aromatic carbocycles. The van der Waals surface area contributed by atoms with Crippen LogP contribution in [0.1, 0.15) is 55.5 Å². The van der Waals surface area contributed by atoms with E-state index in [-0.39, 0.29) is 19.2 Å². The Hall–Kier alpha value is -2.73. The van der Waals surface area contributed by atoms with Gasteiger partial charge in [-0.3, -0.25) is 4.79 Å². The first-order valence-electron chi connectivity index (χ1n) is 10.9. The first-order valence-corrected chi connectivity index (χ1v) is 10.9. The summed E-state index contributed by atoms with van der Waals surface area (Å²) in [6.45, 7) is 7.37. The van der Waals surface area contributed by atoms with Gasteiger partial charge in [0.2, 0.25) is 5.78 Å². The molecule has 0 atom stereocenters. The number of aryl methyl sites for hydroxylation is 1. The molecule has 2 aromatic rings. The SMILES string of the molecule is CCCCOc1ccc(C)c(OCC(=O)c2ccc(OCOC)cc2OCCCC)c1. The van der Waals surface area contributed by atoms with Crippen molar-refractivity contribution in [2.24, 2.45) is 0 Å². The highest BCUT2D eigenvalue weighted by Gasteiger charge is 2.16. The Kier molecular flexibility index (Phi) is 10.7. The molecule has 0 unspecified atom stereocenters. The zero-order valence-corrected chi connectivity index (χ0v) is 19.1. The Morgan fingerprint density at radius 3 is 2.16 bits per heavy atom. The van der Waals surface area contributed by atoms with Crippen LogP contribution < -0.4 is 18.9 Å². The van der Waals surface area contributed by atoms with E-state index in [0.717, 1.165) is 37.0 Å². The molecule has 2 rings (SSSR count). The van der Waals surface area contributed by atoms with Crippen molar-refractivity contribution >= 4 is 5.78 Å². The van der Waals surface area contributed by atoms with Gasteiger partial charge in [0, 0.05) is 19.2 Å². The zero-order chi connectivity index (χ0) is 22.5. The van der Waals surface area contributed by atoms with Crippen LogP contribution in [0.3, 0.4) is 0 Å². The highest BCUT2D eigenvalue weighted by atomic mass is 16.7. The summed E-state index contributed by atoms with van der Waals surface area (Å²) in [5.41, 5.74) is 1.41. The minimum absolute atomic E-state index is 0.0956. The molecule has 0 saturated carbocycles. The summed E-state index contributed by atoms with van der Waals surface area (Å²) < 4.78 is 27.9. The smallest absolute Gasteiger partial charge is 0.203 e. The lowest BCUT2D eigenvalue weighted by atomic mass is 10.1. The number of unbranched alkanes of at least 4 members (excludes halogenated alkanes) is 2. The van der Waals surface area contributed by atoms with Gasteiger partial charge in [0.1, 0.15) is 23.0 Å². The molecule has 0 bridgehead atoms. The normalized spacial score (nSPS) is 10.6.